The molecule has 3 rings (SSSR count). The summed E-state index contributed by atoms with van der Waals surface area (Å²) in [6, 6.07) is 8.83. The van der Waals surface area contributed by atoms with Gasteiger partial charge in [-0.25, -0.2) is 0 Å². The van der Waals surface area contributed by atoms with Crippen molar-refractivity contribution in [3.63, 3.8) is 0 Å². The second-order valence-corrected chi connectivity index (χ2v) is 9.53. The standard InChI is InChI=1S/C25H43N5O.HI/c1-20(2)18-29-12-8-9-21(19-29)16-27-25(26-3)28-17-24(30-13-5-6-14-30)22-10-7-11-23(15-22)31-4;/h7,10-11,15,20-21,24H,5-6,8-9,12-14,16-19H2,1-4H3,(H2,26,27,28);1H. The topological polar surface area (TPSA) is 52.1 Å². The number of nitrogens with one attached hydrogen (secondary N) is 2. The quantitative estimate of drug-likeness (QED) is 0.273. The van der Waals surface area contributed by atoms with E-state index in [0.717, 1.165) is 43.8 Å². The summed E-state index contributed by atoms with van der Waals surface area (Å²) in [6.45, 7) is 12.4. The number of hydrogen-bond acceptors (Lipinski definition) is 4. The summed E-state index contributed by atoms with van der Waals surface area (Å²) in [5.74, 6) is 3.26. The summed E-state index contributed by atoms with van der Waals surface area (Å²) in [5.41, 5.74) is 1.31. The number of aliphatic imine (C=N–C) groups is 1. The minimum atomic E-state index is 0. The Kier molecular flexibility index (Phi) is 12.1. The van der Waals surface area contributed by atoms with Crippen molar-refractivity contribution in [2.45, 2.75) is 45.6 Å². The van der Waals surface area contributed by atoms with Gasteiger partial charge in [-0.1, -0.05) is 26.0 Å². The molecule has 32 heavy (non-hydrogen) atoms. The molecule has 2 atom stereocenters. The molecule has 0 radical (unpaired) electrons. The van der Waals surface area contributed by atoms with E-state index in [9.17, 15) is 0 Å². The molecule has 0 bridgehead atoms. The Morgan fingerprint density at radius 2 is 1.94 bits per heavy atom. The van der Waals surface area contributed by atoms with Crippen LogP contribution in [0.3, 0.4) is 0 Å². The second-order valence-electron chi connectivity index (χ2n) is 9.53. The highest BCUT2D eigenvalue weighted by molar-refractivity contribution is 14.0. The summed E-state index contributed by atoms with van der Waals surface area (Å²) in [5, 5.41) is 7.21. The van der Waals surface area contributed by atoms with Gasteiger partial charge in [0.05, 0.1) is 13.2 Å². The Labute approximate surface area is 212 Å². The van der Waals surface area contributed by atoms with Crippen LogP contribution in [-0.2, 0) is 0 Å². The summed E-state index contributed by atoms with van der Waals surface area (Å²) in [6.07, 6.45) is 5.17. The van der Waals surface area contributed by atoms with Crippen LogP contribution in [0.1, 0.15) is 51.1 Å². The fraction of sp³-hybridized carbons (Fsp3) is 0.720. The van der Waals surface area contributed by atoms with E-state index in [1.807, 2.05) is 13.1 Å². The highest BCUT2D eigenvalue weighted by Gasteiger charge is 2.25. The number of benzene rings is 1. The van der Waals surface area contributed by atoms with Gasteiger partial charge in [0, 0.05) is 33.2 Å². The minimum absolute atomic E-state index is 0. The van der Waals surface area contributed by atoms with Crippen LogP contribution in [0.25, 0.3) is 0 Å². The van der Waals surface area contributed by atoms with Crippen molar-refractivity contribution in [2.75, 3.05) is 60.0 Å². The molecule has 0 spiro atoms. The Morgan fingerprint density at radius 3 is 2.62 bits per heavy atom. The van der Waals surface area contributed by atoms with Crippen molar-refractivity contribution in [2.24, 2.45) is 16.8 Å². The maximum absolute atomic E-state index is 5.47. The van der Waals surface area contributed by atoms with E-state index >= 15 is 0 Å². The number of hydrogen-bond donors (Lipinski definition) is 2. The molecule has 7 heteroatoms. The van der Waals surface area contributed by atoms with E-state index in [4.69, 9.17) is 4.74 Å². The molecule has 2 aliphatic heterocycles. The summed E-state index contributed by atoms with van der Waals surface area (Å²) in [7, 11) is 3.61. The van der Waals surface area contributed by atoms with Gasteiger partial charge in [0.15, 0.2) is 5.96 Å². The zero-order chi connectivity index (χ0) is 22.1. The van der Waals surface area contributed by atoms with Crippen molar-refractivity contribution in [1.29, 1.82) is 0 Å². The normalized spacial score (nSPS) is 21.3. The highest BCUT2D eigenvalue weighted by Crippen LogP contribution is 2.27. The van der Waals surface area contributed by atoms with Crippen LogP contribution in [0.5, 0.6) is 5.75 Å². The van der Waals surface area contributed by atoms with E-state index in [-0.39, 0.29) is 24.0 Å². The van der Waals surface area contributed by atoms with E-state index in [1.54, 1.807) is 7.11 Å². The Balaban J connectivity index is 0.00000363. The molecular weight excluding hydrogens is 513 g/mol. The van der Waals surface area contributed by atoms with Crippen LogP contribution in [-0.4, -0.2) is 75.7 Å². The summed E-state index contributed by atoms with van der Waals surface area (Å²) >= 11 is 0. The van der Waals surface area contributed by atoms with Crippen LogP contribution < -0.4 is 15.4 Å². The zero-order valence-electron chi connectivity index (χ0n) is 20.5. The second kappa shape index (κ2) is 14.3. The minimum Gasteiger partial charge on any atom is -0.497 e. The van der Waals surface area contributed by atoms with E-state index in [0.29, 0.717) is 12.0 Å². The number of likely N-dealkylation sites (tertiary alicyclic amines) is 2. The van der Waals surface area contributed by atoms with E-state index in [1.165, 1.54) is 50.9 Å². The first-order valence-corrected chi connectivity index (χ1v) is 12.1. The molecule has 6 nitrogen and oxygen atoms in total. The van der Waals surface area contributed by atoms with Gasteiger partial charge < -0.3 is 20.3 Å². The molecule has 2 unspecified atom stereocenters. The van der Waals surface area contributed by atoms with Crippen LogP contribution >= 0.6 is 24.0 Å². The largest absolute Gasteiger partial charge is 0.497 e. The highest BCUT2D eigenvalue weighted by atomic mass is 127. The van der Waals surface area contributed by atoms with Crippen LogP contribution in [0, 0.1) is 11.8 Å². The van der Waals surface area contributed by atoms with E-state index in [2.05, 4.69) is 57.5 Å². The molecule has 1 aromatic carbocycles. The Morgan fingerprint density at radius 1 is 1.16 bits per heavy atom. The molecule has 182 valence electrons. The first-order chi connectivity index (χ1) is 15.1. The van der Waals surface area contributed by atoms with Crippen LogP contribution in [0.2, 0.25) is 0 Å². The molecule has 0 saturated carbocycles. The number of rotatable bonds is 9. The van der Waals surface area contributed by atoms with Gasteiger partial charge in [-0.3, -0.25) is 9.89 Å². The number of methoxy groups -OCH3 is 1. The molecule has 0 aromatic heterocycles. The maximum Gasteiger partial charge on any atom is 0.191 e. The van der Waals surface area contributed by atoms with Gasteiger partial charge in [-0.05, 0) is 74.8 Å². The van der Waals surface area contributed by atoms with E-state index < -0.39 is 0 Å². The lowest BCUT2D eigenvalue weighted by Crippen LogP contribution is -2.46. The summed E-state index contributed by atoms with van der Waals surface area (Å²) in [4.78, 5) is 9.71. The molecule has 2 heterocycles. The van der Waals surface area contributed by atoms with Crippen molar-refractivity contribution < 1.29 is 4.74 Å². The number of ether oxygens (including phenoxy) is 1. The first-order valence-electron chi connectivity index (χ1n) is 12.1. The molecule has 1 aromatic rings. The third kappa shape index (κ3) is 8.37. The average Bonchev–Trinajstić information content (AvgIpc) is 3.30. The van der Waals surface area contributed by atoms with Gasteiger partial charge in [0.1, 0.15) is 5.75 Å². The van der Waals surface area contributed by atoms with Gasteiger partial charge in [-0.2, -0.15) is 0 Å². The molecule has 0 aliphatic carbocycles. The zero-order valence-corrected chi connectivity index (χ0v) is 22.8. The molecule has 2 fully saturated rings. The molecule has 2 N–H and O–H groups in total. The molecule has 2 saturated heterocycles. The molecule has 2 aliphatic rings. The predicted octanol–water partition coefficient (Wildman–Crippen LogP) is 3.98. The monoisotopic (exact) mass is 557 g/mol. The van der Waals surface area contributed by atoms with Crippen LogP contribution in [0.15, 0.2) is 29.3 Å². The Bertz CT molecular complexity index is 693. The predicted molar refractivity (Wildman–Crippen MR) is 145 cm³/mol. The lowest BCUT2D eigenvalue weighted by atomic mass is 9.97. The Hall–Kier alpha value is -1.06. The maximum atomic E-state index is 5.47. The fourth-order valence-electron chi connectivity index (χ4n) is 5.01. The van der Waals surface area contributed by atoms with Crippen molar-refractivity contribution in [3.8, 4) is 5.75 Å². The smallest absolute Gasteiger partial charge is 0.191 e. The number of halogens is 1. The molecular formula is C25H44IN5O. The number of nitrogens with zero attached hydrogens (tertiary/aromatic N) is 3. The molecule has 0 amide bonds. The lowest BCUT2D eigenvalue weighted by molar-refractivity contribution is 0.159. The summed E-state index contributed by atoms with van der Waals surface area (Å²) < 4.78 is 5.47. The average molecular weight is 558 g/mol. The fourth-order valence-corrected chi connectivity index (χ4v) is 5.01. The van der Waals surface area contributed by atoms with Gasteiger partial charge in [-0.15, -0.1) is 24.0 Å². The third-order valence-electron chi connectivity index (χ3n) is 6.53. The SMILES string of the molecule is CN=C(NCC1CCCN(CC(C)C)C1)NCC(c1cccc(OC)c1)N1CCCC1.I. The van der Waals surface area contributed by atoms with Crippen molar-refractivity contribution in [3.05, 3.63) is 29.8 Å². The van der Waals surface area contributed by atoms with Gasteiger partial charge in [0.2, 0.25) is 0 Å². The van der Waals surface area contributed by atoms with Gasteiger partial charge in [0.25, 0.3) is 0 Å². The number of piperidine rings is 1. The van der Waals surface area contributed by atoms with Crippen molar-refractivity contribution in [1.82, 2.24) is 20.4 Å². The van der Waals surface area contributed by atoms with Crippen LogP contribution in [0.4, 0.5) is 0 Å². The first kappa shape index (κ1) is 27.2. The third-order valence-corrected chi connectivity index (χ3v) is 6.53. The van der Waals surface area contributed by atoms with Gasteiger partial charge >= 0.3 is 0 Å². The lowest BCUT2D eigenvalue weighted by Gasteiger charge is -2.34. The van der Waals surface area contributed by atoms with Crippen molar-refractivity contribution >= 4 is 29.9 Å². The number of guanidine groups is 1.